The SMILES string of the molecule is Cc1ccc(S(=O)(=O)C2=C3C=C(N4CCCC4)CCC3CCC2=[N+]2CCCC2)cc1. The summed E-state index contributed by atoms with van der Waals surface area (Å²) in [6.45, 7) is 6.22. The van der Waals surface area contributed by atoms with E-state index in [0.29, 0.717) is 15.7 Å². The van der Waals surface area contributed by atoms with E-state index in [-0.39, 0.29) is 0 Å². The second kappa shape index (κ2) is 7.99. The number of allylic oxidation sites excluding steroid dienone is 4. The molecule has 1 atom stereocenters. The van der Waals surface area contributed by atoms with Gasteiger partial charge < -0.3 is 4.90 Å². The lowest BCUT2D eigenvalue weighted by Gasteiger charge is -2.34. The summed E-state index contributed by atoms with van der Waals surface area (Å²) in [5.41, 5.74) is 4.62. The van der Waals surface area contributed by atoms with Crippen molar-refractivity contribution in [3.05, 3.63) is 52.1 Å². The highest BCUT2D eigenvalue weighted by atomic mass is 32.2. The van der Waals surface area contributed by atoms with E-state index in [1.54, 1.807) is 12.1 Å². The van der Waals surface area contributed by atoms with Crippen molar-refractivity contribution < 1.29 is 13.0 Å². The highest BCUT2D eigenvalue weighted by Crippen LogP contribution is 2.42. The van der Waals surface area contributed by atoms with Gasteiger partial charge in [0.2, 0.25) is 9.84 Å². The minimum atomic E-state index is -3.54. The third kappa shape index (κ3) is 3.55. The van der Waals surface area contributed by atoms with E-state index >= 15 is 0 Å². The summed E-state index contributed by atoms with van der Waals surface area (Å²) in [6.07, 6.45) is 11.2. The molecular weight excluding hydrogens is 392 g/mol. The number of likely N-dealkylation sites (tertiary alicyclic amines) is 1. The van der Waals surface area contributed by atoms with Gasteiger partial charge in [-0.25, -0.2) is 13.0 Å². The second-order valence-electron chi connectivity index (χ2n) is 9.35. The minimum Gasteiger partial charge on any atom is -0.375 e. The second-order valence-corrected chi connectivity index (χ2v) is 11.2. The van der Waals surface area contributed by atoms with Gasteiger partial charge in [0, 0.05) is 38.0 Å². The van der Waals surface area contributed by atoms with Crippen molar-refractivity contribution in [3.8, 4) is 0 Å². The average Bonchev–Trinajstić information content (AvgIpc) is 3.47. The molecule has 1 aromatic rings. The van der Waals surface area contributed by atoms with Gasteiger partial charge in [0.25, 0.3) is 0 Å². The Labute approximate surface area is 180 Å². The maximum Gasteiger partial charge on any atom is 0.213 e. The zero-order valence-electron chi connectivity index (χ0n) is 18.1. The van der Waals surface area contributed by atoms with Crippen LogP contribution in [0, 0.1) is 12.8 Å². The molecule has 2 aliphatic carbocycles. The van der Waals surface area contributed by atoms with Crippen LogP contribution in [0.15, 0.2) is 51.4 Å². The van der Waals surface area contributed by atoms with Gasteiger partial charge in [-0.1, -0.05) is 17.7 Å². The molecule has 0 amide bonds. The molecule has 4 nitrogen and oxygen atoms in total. The number of benzene rings is 1. The molecule has 5 rings (SSSR count). The van der Waals surface area contributed by atoms with Crippen LogP contribution in [0.3, 0.4) is 0 Å². The van der Waals surface area contributed by atoms with Crippen molar-refractivity contribution in [2.75, 3.05) is 26.2 Å². The van der Waals surface area contributed by atoms with E-state index < -0.39 is 9.84 Å². The van der Waals surface area contributed by atoms with Crippen LogP contribution >= 0.6 is 0 Å². The Morgan fingerprint density at radius 2 is 1.60 bits per heavy atom. The van der Waals surface area contributed by atoms with Crippen molar-refractivity contribution in [2.24, 2.45) is 5.92 Å². The molecule has 0 bridgehead atoms. The number of rotatable bonds is 3. The van der Waals surface area contributed by atoms with E-state index in [9.17, 15) is 8.42 Å². The standard InChI is InChI=1S/C25H33N2O2S/c1-19-6-11-22(12-7-19)30(28,29)25-23-18-21(26-14-2-3-15-26)10-8-20(23)9-13-24(25)27-16-4-5-17-27/h6-7,11-12,18,20H,2-5,8-10,13-17H2,1H3/q+1. The smallest absolute Gasteiger partial charge is 0.213 e. The molecule has 0 saturated carbocycles. The number of aryl methyl sites for hydroxylation is 1. The van der Waals surface area contributed by atoms with Crippen LogP contribution in [0.1, 0.15) is 56.9 Å². The molecule has 1 unspecified atom stereocenters. The molecule has 1 aromatic carbocycles. The molecule has 2 aliphatic heterocycles. The van der Waals surface area contributed by atoms with Gasteiger partial charge in [0.05, 0.1) is 4.90 Å². The Morgan fingerprint density at radius 3 is 2.30 bits per heavy atom. The van der Waals surface area contributed by atoms with Crippen LogP contribution in [0.2, 0.25) is 0 Å². The Kier molecular flexibility index (Phi) is 5.34. The first kappa shape index (κ1) is 20.0. The van der Waals surface area contributed by atoms with E-state index in [1.165, 1.54) is 18.5 Å². The molecule has 0 aromatic heterocycles. The Bertz CT molecular complexity index is 1020. The topological polar surface area (TPSA) is 40.4 Å². The number of fused-ring (bicyclic) bond motifs is 1. The fourth-order valence-electron chi connectivity index (χ4n) is 5.68. The fourth-order valence-corrected chi connectivity index (χ4v) is 7.48. The van der Waals surface area contributed by atoms with Crippen LogP contribution < -0.4 is 0 Å². The number of nitrogens with zero attached hydrogens (tertiary/aromatic N) is 2. The Morgan fingerprint density at radius 1 is 0.933 bits per heavy atom. The van der Waals surface area contributed by atoms with Gasteiger partial charge in [-0.15, -0.1) is 0 Å². The summed E-state index contributed by atoms with van der Waals surface area (Å²) >= 11 is 0. The van der Waals surface area contributed by atoms with E-state index in [2.05, 4.69) is 15.6 Å². The Balaban J connectivity index is 1.70. The lowest BCUT2D eigenvalue weighted by Crippen LogP contribution is -2.33. The predicted octanol–water partition coefficient (Wildman–Crippen LogP) is 4.45. The van der Waals surface area contributed by atoms with Crippen LogP contribution in [0.4, 0.5) is 0 Å². The van der Waals surface area contributed by atoms with Crippen LogP contribution in [0.5, 0.6) is 0 Å². The normalized spacial score (nSPS) is 25.0. The molecule has 5 heteroatoms. The highest BCUT2D eigenvalue weighted by Gasteiger charge is 2.41. The first-order valence-corrected chi connectivity index (χ1v) is 13.1. The molecule has 30 heavy (non-hydrogen) atoms. The van der Waals surface area contributed by atoms with Gasteiger partial charge in [0.1, 0.15) is 18.0 Å². The first-order chi connectivity index (χ1) is 14.5. The number of hydrogen-bond acceptors (Lipinski definition) is 3. The number of hydrogen-bond donors (Lipinski definition) is 0. The quantitative estimate of drug-likeness (QED) is 0.672. The third-order valence-electron chi connectivity index (χ3n) is 7.36. The summed E-state index contributed by atoms with van der Waals surface area (Å²) in [6, 6.07) is 7.41. The molecular formula is C25H33N2O2S+. The molecule has 0 N–H and O–H groups in total. The van der Waals surface area contributed by atoms with Gasteiger partial charge in [-0.3, -0.25) is 0 Å². The average molecular weight is 426 g/mol. The monoisotopic (exact) mass is 425 g/mol. The molecule has 0 radical (unpaired) electrons. The van der Waals surface area contributed by atoms with Crippen molar-refractivity contribution >= 4 is 15.5 Å². The zero-order chi connectivity index (χ0) is 20.7. The molecule has 4 aliphatic rings. The molecule has 2 saturated heterocycles. The molecule has 0 spiro atoms. The molecule has 2 fully saturated rings. The minimum absolute atomic E-state index is 0.373. The van der Waals surface area contributed by atoms with Crippen molar-refractivity contribution in [1.82, 2.24) is 4.90 Å². The summed E-state index contributed by atoms with van der Waals surface area (Å²) in [4.78, 5) is 3.57. The highest BCUT2D eigenvalue weighted by molar-refractivity contribution is 7.96. The maximum absolute atomic E-state index is 14.0. The van der Waals surface area contributed by atoms with Gasteiger partial charge in [0.15, 0.2) is 5.71 Å². The summed E-state index contributed by atoms with van der Waals surface area (Å²) < 4.78 is 30.4. The molecule has 160 valence electrons. The van der Waals surface area contributed by atoms with E-state index in [1.807, 2.05) is 19.1 Å². The van der Waals surface area contributed by atoms with Gasteiger partial charge >= 0.3 is 0 Å². The van der Waals surface area contributed by atoms with Crippen LogP contribution in [-0.2, 0) is 9.84 Å². The predicted molar refractivity (Wildman–Crippen MR) is 120 cm³/mol. The van der Waals surface area contributed by atoms with Gasteiger partial charge in [-0.05, 0) is 68.7 Å². The third-order valence-corrected chi connectivity index (χ3v) is 9.27. The zero-order valence-corrected chi connectivity index (χ0v) is 18.9. The fraction of sp³-hybridized carbons (Fsp3) is 0.560. The lowest BCUT2D eigenvalue weighted by atomic mass is 9.79. The number of sulfone groups is 1. The van der Waals surface area contributed by atoms with Crippen molar-refractivity contribution in [1.29, 1.82) is 0 Å². The van der Waals surface area contributed by atoms with E-state index in [4.69, 9.17) is 0 Å². The largest absolute Gasteiger partial charge is 0.375 e. The summed E-state index contributed by atoms with van der Waals surface area (Å²) in [7, 11) is -3.54. The lowest BCUT2D eigenvalue weighted by molar-refractivity contribution is -0.506. The van der Waals surface area contributed by atoms with Crippen molar-refractivity contribution in [2.45, 2.75) is 63.2 Å². The Hall–Kier alpha value is -1.88. The van der Waals surface area contributed by atoms with Crippen LogP contribution in [-0.4, -0.2) is 49.8 Å². The molecule has 2 heterocycles. The first-order valence-electron chi connectivity index (χ1n) is 11.7. The summed E-state index contributed by atoms with van der Waals surface area (Å²) in [5.74, 6) is 0.373. The van der Waals surface area contributed by atoms with Gasteiger partial charge in [-0.2, -0.15) is 0 Å². The van der Waals surface area contributed by atoms with Crippen molar-refractivity contribution in [3.63, 3.8) is 0 Å². The maximum atomic E-state index is 14.0. The summed E-state index contributed by atoms with van der Waals surface area (Å²) in [5, 5.41) is 0. The van der Waals surface area contributed by atoms with E-state index in [0.717, 1.165) is 81.6 Å². The van der Waals surface area contributed by atoms with Crippen LogP contribution in [0.25, 0.3) is 0 Å².